The van der Waals surface area contributed by atoms with Crippen molar-refractivity contribution in [3.63, 3.8) is 0 Å². The average molecular weight is 380 g/mol. The molecular weight excluding hydrogens is 354 g/mol. The topological polar surface area (TPSA) is 71.1 Å². The van der Waals surface area contributed by atoms with Crippen LogP contribution in [0.2, 0.25) is 0 Å². The number of aromatic nitrogens is 1. The molecule has 1 atom stereocenters. The molecule has 0 aromatic carbocycles. The molecule has 5 rings (SSSR count). The summed E-state index contributed by atoms with van der Waals surface area (Å²) in [6.45, 7) is 3.75. The third-order valence-electron chi connectivity index (χ3n) is 5.90. The van der Waals surface area contributed by atoms with Crippen LogP contribution < -0.4 is 10.6 Å². The molecule has 7 heteroatoms. The lowest BCUT2D eigenvalue weighted by molar-refractivity contribution is -0.119. The molecule has 4 saturated carbocycles. The number of thiazole rings is 1. The van der Waals surface area contributed by atoms with Crippen molar-refractivity contribution in [2.45, 2.75) is 67.5 Å². The van der Waals surface area contributed by atoms with Crippen molar-refractivity contribution in [3.05, 3.63) is 11.1 Å². The standard InChI is InChI=1S/C18H25N3O2S2/c1-10-9-24-17(19-10)25-11(2)15(22)20-16(23)21-18-6-12-3-13(7-18)5-14(4-12)8-18/h9,11-14H,3-8H2,1-2H3,(H2,20,21,22,23)/t11-,12?,13?,14?,18?/m1/s1. The van der Waals surface area contributed by atoms with Crippen molar-refractivity contribution in [1.29, 1.82) is 0 Å². The van der Waals surface area contributed by atoms with E-state index in [0.717, 1.165) is 47.0 Å². The lowest BCUT2D eigenvalue weighted by atomic mass is 9.53. The fourth-order valence-electron chi connectivity index (χ4n) is 5.34. The molecule has 4 aliphatic rings. The Morgan fingerprint density at radius 2 is 1.84 bits per heavy atom. The molecule has 0 unspecified atom stereocenters. The normalized spacial score (nSPS) is 33.9. The van der Waals surface area contributed by atoms with E-state index in [9.17, 15) is 9.59 Å². The maximum Gasteiger partial charge on any atom is 0.321 e. The second-order valence-electron chi connectivity index (χ2n) is 8.16. The Kier molecular flexibility index (Phi) is 4.56. The van der Waals surface area contributed by atoms with Crippen LogP contribution in [0.3, 0.4) is 0 Å². The molecule has 1 aromatic heterocycles. The van der Waals surface area contributed by atoms with Gasteiger partial charge in [-0.15, -0.1) is 11.3 Å². The number of nitrogens with one attached hydrogen (secondary N) is 2. The molecule has 4 aliphatic carbocycles. The summed E-state index contributed by atoms with van der Waals surface area (Å²) >= 11 is 2.93. The monoisotopic (exact) mass is 379 g/mol. The zero-order valence-corrected chi connectivity index (χ0v) is 16.3. The summed E-state index contributed by atoms with van der Waals surface area (Å²) in [5.41, 5.74) is 0.890. The zero-order chi connectivity index (χ0) is 17.6. The maximum absolute atomic E-state index is 12.4. The van der Waals surface area contributed by atoms with Gasteiger partial charge in [0.25, 0.3) is 0 Å². The van der Waals surface area contributed by atoms with Crippen LogP contribution >= 0.6 is 23.1 Å². The largest absolute Gasteiger partial charge is 0.332 e. The van der Waals surface area contributed by atoms with E-state index in [1.165, 1.54) is 42.4 Å². The van der Waals surface area contributed by atoms with E-state index in [0.29, 0.717) is 0 Å². The highest BCUT2D eigenvalue weighted by Gasteiger charge is 2.51. The van der Waals surface area contributed by atoms with Gasteiger partial charge in [0.15, 0.2) is 4.34 Å². The summed E-state index contributed by atoms with van der Waals surface area (Å²) < 4.78 is 0.863. The van der Waals surface area contributed by atoms with Crippen LogP contribution in [-0.4, -0.2) is 27.7 Å². The van der Waals surface area contributed by atoms with Crippen molar-refractivity contribution in [3.8, 4) is 0 Å². The summed E-state index contributed by atoms with van der Waals surface area (Å²) in [6.07, 6.45) is 7.27. The SMILES string of the molecule is Cc1csc(S[C@H](C)C(=O)NC(=O)NC23CC4CC(CC(C4)C2)C3)n1. The molecule has 136 valence electrons. The molecule has 3 amide bonds. The number of thioether (sulfide) groups is 1. The van der Waals surface area contributed by atoms with Gasteiger partial charge in [0, 0.05) is 16.6 Å². The van der Waals surface area contributed by atoms with E-state index < -0.39 is 0 Å². The first-order valence-corrected chi connectivity index (χ1v) is 10.9. The smallest absolute Gasteiger partial charge is 0.321 e. The van der Waals surface area contributed by atoms with Gasteiger partial charge >= 0.3 is 6.03 Å². The van der Waals surface area contributed by atoms with Crippen molar-refractivity contribution in [1.82, 2.24) is 15.6 Å². The van der Waals surface area contributed by atoms with Crippen LogP contribution in [0.5, 0.6) is 0 Å². The van der Waals surface area contributed by atoms with E-state index >= 15 is 0 Å². The quantitative estimate of drug-likeness (QED) is 0.782. The Morgan fingerprint density at radius 1 is 1.24 bits per heavy atom. The second kappa shape index (κ2) is 6.58. The third-order valence-corrected chi connectivity index (χ3v) is 8.09. The fourth-order valence-corrected chi connectivity index (χ4v) is 7.33. The molecule has 2 N–H and O–H groups in total. The number of amides is 3. The van der Waals surface area contributed by atoms with Gasteiger partial charge in [-0.1, -0.05) is 11.8 Å². The van der Waals surface area contributed by atoms with Gasteiger partial charge in [0.2, 0.25) is 5.91 Å². The van der Waals surface area contributed by atoms with Crippen molar-refractivity contribution < 1.29 is 9.59 Å². The summed E-state index contributed by atoms with van der Waals surface area (Å²) in [4.78, 5) is 29.1. The number of rotatable bonds is 4. The molecular formula is C18H25N3O2S2. The summed E-state index contributed by atoms with van der Waals surface area (Å²) in [5, 5.41) is 7.36. The Balaban J connectivity index is 1.32. The molecule has 1 aromatic rings. The summed E-state index contributed by atoms with van der Waals surface area (Å²) in [7, 11) is 0. The van der Waals surface area contributed by atoms with Gasteiger partial charge in [-0.25, -0.2) is 9.78 Å². The van der Waals surface area contributed by atoms with Crippen LogP contribution in [0.1, 0.15) is 51.1 Å². The molecule has 4 bridgehead atoms. The Labute approximate surface area is 156 Å². The first-order valence-electron chi connectivity index (χ1n) is 9.12. The first-order chi connectivity index (χ1) is 11.9. The first kappa shape index (κ1) is 17.3. The third kappa shape index (κ3) is 3.72. The van der Waals surface area contributed by atoms with Crippen LogP contribution in [0.4, 0.5) is 4.79 Å². The predicted molar refractivity (Wildman–Crippen MR) is 99.7 cm³/mol. The number of nitrogens with zero attached hydrogens (tertiary/aromatic N) is 1. The average Bonchev–Trinajstić information content (AvgIpc) is 2.90. The van der Waals surface area contributed by atoms with Gasteiger partial charge in [0.05, 0.1) is 5.25 Å². The van der Waals surface area contributed by atoms with Crippen molar-refractivity contribution in [2.75, 3.05) is 0 Å². The van der Waals surface area contributed by atoms with Gasteiger partial charge in [-0.2, -0.15) is 0 Å². The minimum atomic E-state index is -0.340. The minimum Gasteiger partial charge on any atom is -0.332 e. The molecule has 25 heavy (non-hydrogen) atoms. The molecule has 1 heterocycles. The highest BCUT2D eigenvalue weighted by molar-refractivity contribution is 8.02. The fraction of sp³-hybridized carbons (Fsp3) is 0.722. The zero-order valence-electron chi connectivity index (χ0n) is 14.7. The lowest BCUT2D eigenvalue weighted by Crippen LogP contribution is -2.62. The van der Waals surface area contributed by atoms with Crippen molar-refractivity contribution >= 4 is 35.0 Å². The van der Waals surface area contributed by atoms with E-state index in [1.54, 1.807) is 0 Å². The number of aryl methyl sites for hydroxylation is 1. The molecule has 5 nitrogen and oxygen atoms in total. The highest BCUT2D eigenvalue weighted by atomic mass is 32.2. The number of imide groups is 1. The maximum atomic E-state index is 12.4. The molecule has 0 saturated heterocycles. The van der Waals surface area contributed by atoms with E-state index in [1.807, 2.05) is 19.2 Å². The minimum absolute atomic E-state index is 0.0675. The Bertz CT molecular complexity index is 652. The number of carbonyl (C=O) groups is 2. The van der Waals surface area contributed by atoms with Crippen LogP contribution in [0.15, 0.2) is 9.72 Å². The second-order valence-corrected chi connectivity index (χ2v) is 10.6. The van der Waals surface area contributed by atoms with Crippen LogP contribution in [0.25, 0.3) is 0 Å². The number of hydrogen-bond acceptors (Lipinski definition) is 5. The number of urea groups is 1. The molecule has 4 fully saturated rings. The van der Waals surface area contributed by atoms with E-state index in [-0.39, 0.29) is 22.7 Å². The van der Waals surface area contributed by atoms with E-state index in [4.69, 9.17) is 0 Å². The summed E-state index contributed by atoms with van der Waals surface area (Å²) in [5.74, 6) is 2.06. The predicted octanol–water partition coefficient (Wildman–Crippen LogP) is 3.73. The van der Waals surface area contributed by atoms with Crippen LogP contribution in [0, 0.1) is 24.7 Å². The van der Waals surface area contributed by atoms with E-state index in [2.05, 4.69) is 15.6 Å². The Hall–Kier alpha value is -1.08. The van der Waals surface area contributed by atoms with Gasteiger partial charge < -0.3 is 5.32 Å². The number of carbonyl (C=O) groups excluding carboxylic acids is 2. The molecule has 0 aliphatic heterocycles. The summed E-state index contributed by atoms with van der Waals surface area (Å²) in [6, 6.07) is -0.324. The molecule has 0 radical (unpaired) electrons. The van der Waals surface area contributed by atoms with Crippen LogP contribution in [-0.2, 0) is 4.79 Å². The Morgan fingerprint density at radius 3 is 2.36 bits per heavy atom. The highest BCUT2D eigenvalue weighted by Crippen LogP contribution is 2.55. The van der Waals surface area contributed by atoms with Gasteiger partial charge in [-0.3, -0.25) is 10.1 Å². The lowest BCUT2D eigenvalue weighted by Gasteiger charge is -2.56. The molecule has 0 spiro atoms. The van der Waals surface area contributed by atoms with Gasteiger partial charge in [-0.05, 0) is 70.1 Å². The van der Waals surface area contributed by atoms with Gasteiger partial charge in [0.1, 0.15) is 0 Å². The van der Waals surface area contributed by atoms with Crippen molar-refractivity contribution in [2.24, 2.45) is 17.8 Å². The number of hydrogen-bond donors (Lipinski definition) is 2.